The van der Waals surface area contributed by atoms with Gasteiger partial charge in [0.1, 0.15) is 0 Å². The minimum atomic E-state index is 0.156. The van der Waals surface area contributed by atoms with Crippen molar-refractivity contribution in [3.63, 3.8) is 0 Å². The quantitative estimate of drug-likeness (QED) is 0.825. The second-order valence-corrected chi connectivity index (χ2v) is 4.69. The molecule has 0 unspecified atom stereocenters. The van der Waals surface area contributed by atoms with E-state index >= 15 is 0 Å². The van der Waals surface area contributed by atoms with Crippen LogP contribution in [-0.4, -0.2) is 19.3 Å². The van der Waals surface area contributed by atoms with Crippen molar-refractivity contribution < 1.29 is 9.47 Å². The van der Waals surface area contributed by atoms with E-state index in [1.54, 1.807) is 7.11 Å². The molecule has 1 N–H and O–H groups in total. The number of hydrogen-bond donors (Lipinski definition) is 1. The number of ether oxygens (including phenoxy) is 2. The Bertz CT molecular complexity index is 348. The van der Waals surface area contributed by atoms with Gasteiger partial charge in [0, 0.05) is 12.6 Å². The lowest BCUT2D eigenvalue weighted by atomic mass is 10.2. The Morgan fingerprint density at radius 3 is 2.35 bits per heavy atom. The van der Waals surface area contributed by atoms with E-state index in [9.17, 15) is 0 Å². The molecule has 1 aromatic carbocycles. The first kappa shape index (κ1) is 13.8. The highest BCUT2D eigenvalue weighted by molar-refractivity contribution is 5.43. The van der Waals surface area contributed by atoms with Crippen LogP contribution < -0.4 is 14.8 Å². The summed E-state index contributed by atoms with van der Waals surface area (Å²) in [6, 6.07) is 6.53. The predicted octanol–water partition coefficient (Wildman–Crippen LogP) is 2.98. The molecule has 1 aromatic rings. The zero-order chi connectivity index (χ0) is 12.8. The molecule has 3 heteroatoms. The molecule has 0 amide bonds. The van der Waals surface area contributed by atoms with Crippen LogP contribution in [0.25, 0.3) is 0 Å². The molecule has 96 valence electrons. The maximum atomic E-state index is 5.67. The van der Waals surface area contributed by atoms with Crippen LogP contribution in [0, 0.1) is 0 Å². The minimum absolute atomic E-state index is 0.156. The van der Waals surface area contributed by atoms with Gasteiger partial charge in [0.05, 0.1) is 13.2 Å². The van der Waals surface area contributed by atoms with E-state index in [-0.39, 0.29) is 6.10 Å². The van der Waals surface area contributed by atoms with E-state index in [1.807, 2.05) is 26.0 Å². The molecule has 0 heterocycles. The molecule has 0 bridgehead atoms. The van der Waals surface area contributed by atoms with Crippen molar-refractivity contribution >= 4 is 0 Å². The Kier molecular flexibility index (Phi) is 5.29. The van der Waals surface area contributed by atoms with Gasteiger partial charge in [-0.25, -0.2) is 0 Å². The average Bonchev–Trinajstić information content (AvgIpc) is 2.26. The lowest BCUT2D eigenvalue weighted by Gasteiger charge is -2.15. The van der Waals surface area contributed by atoms with E-state index in [2.05, 4.69) is 25.2 Å². The molecule has 0 aromatic heterocycles. The molecule has 0 fully saturated rings. The molecule has 0 aliphatic carbocycles. The monoisotopic (exact) mass is 237 g/mol. The molecule has 1 rings (SSSR count). The van der Waals surface area contributed by atoms with Crippen LogP contribution >= 0.6 is 0 Å². The fraction of sp³-hybridized carbons (Fsp3) is 0.571. The molecule has 0 spiro atoms. The predicted molar refractivity (Wildman–Crippen MR) is 70.7 cm³/mol. The van der Waals surface area contributed by atoms with Crippen LogP contribution in [0.1, 0.15) is 33.3 Å². The lowest BCUT2D eigenvalue weighted by molar-refractivity contribution is 0.230. The molecule has 0 aliphatic heterocycles. The number of nitrogens with one attached hydrogen (secondary N) is 1. The van der Waals surface area contributed by atoms with Crippen molar-refractivity contribution in [1.29, 1.82) is 0 Å². The summed E-state index contributed by atoms with van der Waals surface area (Å²) in [7, 11) is 1.67. The van der Waals surface area contributed by atoms with Crippen molar-refractivity contribution in [1.82, 2.24) is 5.32 Å². The maximum Gasteiger partial charge on any atom is 0.161 e. The van der Waals surface area contributed by atoms with Crippen molar-refractivity contribution in [2.45, 2.75) is 46.4 Å². The number of rotatable bonds is 6. The molecule has 0 saturated heterocycles. The molecule has 0 saturated carbocycles. The summed E-state index contributed by atoms with van der Waals surface area (Å²) >= 11 is 0. The maximum absolute atomic E-state index is 5.67. The molecular weight excluding hydrogens is 214 g/mol. The van der Waals surface area contributed by atoms with Gasteiger partial charge < -0.3 is 14.8 Å². The highest BCUT2D eigenvalue weighted by atomic mass is 16.5. The van der Waals surface area contributed by atoms with Crippen LogP contribution in [0.15, 0.2) is 18.2 Å². The smallest absolute Gasteiger partial charge is 0.161 e. The fourth-order valence-electron chi connectivity index (χ4n) is 1.50. The first-order chi connectivity index (χ1) is 8.02. The third kappa shape index (κ3) is 4.65. The van der Waals surface area contributed by atoms with Crippen molar-refractivity contribution in [2.75, 3.05) is 7.11 Å². The second kappa shape index (κ2) is 6.50. The fourth-order valence-corrected chi connectivity index (χ4v) is 1.50. The van der Waals surface area contributed by atoms with Crippen molar-refractivity contribution in [3.05, 3.63) is 23.8 Å². The Morgan fingerprint density at radius 1 is 1.12 bits per heavy atom. The molecule has 0 aliphatic rings. The third-order valence-electron chi connectivity index (χ3n) is 2.31. The van der Waals surface area contributed by atoms with E-state index in [4.69, 9.17) is 9.47 Å². The Hall–Kier alpha value is -1.22. The molecule has 0 radical (unpaired) electrons. The normalized spacial score (nSPS) is 11.0. The highest BCUT2D eigenvalue weighted by Crippen LogP contribution is 2.28. The van der Waals surface area contributed by atoms with Gasteiger partial charge >= 0.3 is 0 Å². The van der Waals surface area contributed by atoms with Gasteiger partial charge in [-0.1, -0.05) is 19.9 Å². The molecule has 17 heavy (non-hydrogen) atoms. The van der Waals surface area contributed by atoms with Crippen molar-refractivity contribution in [2.24, 2.45) is 0 Å². The van der Waals surface area contributed by atoms with E-state index in [0.29, 0.717) is 6.04 Å². The van der Waals surface area contributed by atoms with Gasteiger partial charge in [0.25, 0.3) is 0 Å². The summed E-state index contributed by atoms with van der Waals surface area (Å²) in [5.41, 5.74) is 1.20. The average molecular weight is 237 g/mol. The summed E-state index contributed by atoms with van der Waals surface area (Å²) in [6.45, 7) is 9.12. The number of hydrogen-bond acceptors (Lipinski definition) is 3. The van der Waals surface area contributed by atoms with Gasteiger partial charge in [-0.15, -0.1) is 0 Å². The van der Waals surface area contributed by atoms with Crippen LogP contribution in [0.5, 0.6) is 11.5 Å². The Morgan fingerprint density at radius 2 is 1.82 bits per heavy atom. The second-order valence-electron chi connectivity index (χ2n) is 4.69. The molecular formula is C14H23NO2. The first-order valence-electron chi connectivity index (χ1n) is 6.10. The van der Waals surface area contributed by atoms with Crippen LogP contribution in [0.3, 0.4) is 0 Å². The van der Waals surface area contributed by atoms with Gasteiger partial charge in [0.15, 0.2) is 11.5 Å². The highest BCUT2D eigenvalue weighted by Gasteiger charge is 2.07. The van der Waals surface area contributed by atoms with E-state index < -0.39 is 0 Å². The summed E-state index contributed by atoms with van der Waals surface area (Å²) in [6.07, 6.45) is 0.156. The largest absolute Gasteiger partial charge is 0.493 e. The zero-order valence-electron chi connectivity index (χ0n) is 11.4. The van der Waals surface area contributed by atoms with Gasteiger partial charge in [0.2, 0.25) is 0 Å². The number of methoxy groups -OCH3 is 1. The number of benzene rings is 1. The summed E-state index contributed by atoms with van der Waals surface area (Å²) in [5, 5.41) is 3.38. The molecule has 0 atom stereocenters. The zero-order valence-corrected chi connectivity index (χ0v) is 11.4. The summed E-state index contributed by atoms with van der Waals surface area (Å²) < 4.78 is 11.0. The minimum Gasteiger partial charge on any atom is -0.493 e. The van der Waals surface area contributed by atoms with Gasteiger partial charge in [-0.2, -0.15) is 0 Å². The standard InChI is InChI=1S/C14H23NO2/c1-10(2)15-9-12-6-7-13(17-11(3)4)14(8-12)16-5/h6-8,10-11,15H,9H2,1-5H3. The van der Waals surface area contributed by atoms with Gasteiger partial charge in [-0.3, -0.25) is 0 Å². The van der Waals surface area contributed by atoms with Crippen LogP contribution in [0.4, 0.5) is 0 Å². The SMILES string of the molecule is COc1cc(CNC(C)C)ccc1OC(C)C. The Balaban J connectivity index is 2.77. The molecule has 3 nitrogen and oxygen atoms in total. The van der Waals surface area contributed by atoms with E-state index in [1.165, 1.54) is 5.56 Å². The van der Waals surface area contributed by atoms with Crippen LogP contribution in [0.2, 0.25) is 0 Å². The van der Waals surface area contributed by atoms with Crippen LogP contribution in [-0.2, 0) is 6.54 Å². The lowest BCUT2D eigenvalue weighted by Crippen LogP contribution is -2.21. The Labute approximate surface area is 104 Å². The van der Waals surface area contributed by atoms with Gasteiger partial charge in [-0.05, 0) is 31.5 Å². The van der Waals surface area contributed by atoms with E-state index in [0.717, 1.165) is 18.0 Å². The summed E-state index contributed by atoms with van der Waals surface area (Å²) in [5.74, 6) is 1.59. The summed E-state index contributed by atoms with van der Waals surface area (Å²) in [4.78, 5) is 0. The first-order valence-corrected chi connectivity index (χ1v) is 6.10. The topological polar surface area (TPSA) is 30.5 Å². The van der Waals surface area contributed by atoms with Crippen molar-refractivity contribution in [3.8, 4) is 11.5 Å². The third-order valence-corrected chi connectivity index (χ3v) is 2.31.